The third-order valence-corrected chi connectivity index (χ3v) is 2.61. The Bertz CT molecular complexity index is 563. The maximum atomic E-state index is 11.4. The third-order valence-electron chi connectivity index (χ3n) is 2.61. The molecule has 0 saturated heterocycles. The maximum Gasteiger partial charge on any atom is 0.356 e. The second kappa shape index (κ2) is 6.04. The van der Waals surface area contributed by atoms with Crippen LogP contribution in [0.5, 0.6) is 5.75 Å². The summed E-state index contributed by atoms with van der Waals surface area (Å²) in [6.07, 6.45) is 0.933. The molecule has 0 atom stereocenters. The minimum Gasteiger partial charge on any atom is -0.493 e. The fourth-order valence-corrected chi connectivity index (χ4v) is 1.69. The summed E-state index contributed by atoms with van der Waals surface area (Å²) in [6, 6.07) is 9.25. The Kier molecular flexibility index (Phi) is 4.18. The monoisotopic (exact) mass is 260 g/mol. The SMILES string of the molecule is CCCOc1ccccc1-c1cc(C(=O)OC)[nH]n1. The van der Waals surface area contributed by atoms with Gasteiger partial charge in [0.15, 0.2) is 0 Å². The summed E-state index contributed by atoms with van der Waals surface area (Å²) in [5, 5.41) is 6.78. The van der Waals surface area contributed by atoms with Crippen molar-refractivity contribution in [1.29, 1.82) is 0 Å². The smallest absolute Gasteiger partial charge is 0.356 e. The van der Waals surface area contributed by atoms with E-state index in [0.29, 0.717) is 18.0 Å². The number of nitrogens with one attached hydrogen (secondary N) is 1. The summed E-state index contributed by atoms with van der Waals surface area (Å²) in [7, 11) is 1.33. The molecule has 0 radical (unpaired) electrons. The van der Waals surface area contributed by atoms with Crippen molar-refractivity contribution in [1.82, 2.24) is 10.2 Å². The Morgan fingerprint density at radius 1 is 1.37 bits per heavy atom. The molecule has 2 rings (SSSR count). The standard InChI is InChI=1S/C14H16N2O3/c1-3-8-19-13-7-5-4-6-10(13)11-9-12(16-15-11)14(17)18-2/h4-7,9H,3,8H2,1-2H3,(H,15,16). The molecule has 1 heterocycles. The van der Waals surface area contributed by atoms with Crippen LogP contribution in [0.2, 0.25) is 0 Å². The number of carbonyl (C=O) groups is 1. The first-order valence-electron chi connectivity index (χ1n) is 6.12. The van der Waals surface area contributed by atoms with Crippen molar-refractivity contribution in [3.63, 3.8) is 0 Å². The van der Waals surface area contributed by atoms with Crippen molar-refractivity contribution in [3.8, 4) is 17.0 Å². The molecule has 1 N–H and O–H groups in total. The average molecular weight is 260 g/mol. The normalized spacial score (nSPS) is 10.2. The van der Waals surface area contributed by atoms with E-state index in [1.54, 1.807) is 6.07 Å². The van der Waals surface area contributed by atoms with Gasteiger partial charge < -0.3 is 9.47 Å². The van der Waals surface area contributed by atoms with Gasteiger partial charge in [0.1, 0.15) is 11.4 Å². The summed E-state index contributed by atoms with van der Waals surface area (Å²) in [4.78, 5) is 11.4. The highest BCUT2D eigenvalue weighted by molar-refractivity contribution is 5.88. The van der Waals surface area contributed by atoms with Gasteiger partial charge in [-0.2, -0.15) is 5.10 Å². The fraction of sp³-hybridized carbons (Fsp3) is 0.286. The van der Waals surface area contributed by atoms with E-state index < -0.39 is 5.97 Å². The highest BCUT2D eigenvalue weighted by atomic mass is 16.5. The van der Waals surface area contributed by atoms with E-state index in [9.17, 15) is 4.79 Å². The predicted octanol–water partition coefficient (Wildman–Crippen LogP) is 2.65. The molecule has 0 amide bonds. The van der Waals surface area contributed by atoms with Crippen molar-refractivity contribution in [2.75, 3.05) is 13.7 Å². The van der Waals surface area contributed by atoms with Crippen LogP contribution in [0.3, 0.4) is 0 Å². The van der Waals surface area contributed by atoms with Gasteiger partial charge >= 0.3 is 5.97 Å². The molecule has 0 fully saturated rings. The number of carbonyl (C=O) groups excluding carboxylic acids is 1. The second-order valence-corrected chi connectivity index (χ2v) is 4.00. The van der Waals surface area contributed by atoms with Crippen LogP contribution >= 0.6 is 0 Å². The van der Waals surface area contributed by atoms with Crippen LogP contribution in [-0.2, 0) is 4.74 Å². The predicted molar refractivity (Wildman–Crippen MR) is 71.1 cm³/mol. The summed E-state index contributed by atoms with van der Waals surface area (Å²) in [5.41, 5.74) is 1.83. The van der Waals surface area contributed by atoms with Crippen LogP contribution in [-0.4, -0.2) is 29.9 Å². The Labute approximate surface area is 111 Å². The van der Waals surface area contributed by atoms with Gasteiger partial charge in [-0.05, 0) is 24.6 Å². The largest absolute Gasteiger partial charge is 0.493 e. The number of hydrogen-bond donors (Lipinski definition) is 1. The Morgan fingerprint density at radius 3 is 2.89 bits per heavy atom. The summed E-state index contributed by atoms with van der Waals surface area (Å²) in [5.74, 6) is 0.318. The number of hydrogen-bond acceptors (Lipinski definition) is 4. The number of benzene rings is 1. The minimum atomic E-state index is -0.439. The van der Waals surface area contributed by atoms with Crippen LogP contribution in [0.15, 0.2) is 30.3 Å². The Hall–Kier alpha value is -2.30. The van der Waals surface area contributed by atoms with Gasteiger partial charge in [-0.3, -0.25) is 5.10 Å². The number of aromatic nitrogens is 2. The lowest BCUT2D eigenvalue weighted by molar-refractivity contribution is 0.0594. The molecule has 0 aliphatic heterocycles. The first-order chi connectivity index (χ1) is 9.26. The van der Waals surface area contributed by atoms with Gasteiger partial charge in [-0.25, -0.2) is 4.79 Å². The number of H-pyrrole nitrogens is 1. The molecule has 100 valence electrons. The Morgan fingerprint density at radius 2 is 2.16 bits per heavy atom. The van der Waals surface area contributed by atoms with Crippen molar-refractivity contribution in [2.45, 2.75) is 13.3 Å². The van der Waals surface area contributed by atoms with Gasteiger partial charge in [-0.15, -0.1) is 0 Å². The van der Waals surface area contributed by atoms with Gasteiger partial charge in [0.05, 0.1) is 19.4 Å². The zero-order valence-electron chi connectivity index (χ0n) is 11.0. The average Bonchev–Trinajstić information content (AvgIpc) is 2.94. The molecular weight excluding hydrogens is 244 g/mol. The van der Waals surface area contributed by atoms with E-state index in [0.717, 1.165) is 17.7 Å². The molecule has 0 aliphatic rings. The Balaban J connectivity index is 2.30. The minimum absolute atomic E-state index is 0.322. The fourth-order valence-electron chi connectivity index (χ4n) is 1.69. The summed E-state index contributed by atoms with van der Waals surface area (Å²) < 4.78 is 10.3. The van der Waals surface area contributed by atoms with Crippen LogP contribution in [0.1, 0.15) is 23.8 Å². The molecule has 0 spiro atoms. The highest BCUT2D eigenvalue weighted by Gasteiger charge is 2.13. The van der Waals surface area contributed by atoms with E-state index in [1.807, 2.05) is 31.2 Å². The topological polar surface area (TPSA) is 64.2 Å². The van der Waals surface area contributed by atoms with Crippen molar-refractivity contribution >= 4 is 5.97 Å². The third kappa shape index (κ3) is 2.93. The van der Waals surface area contributed by atoms with Crippen molar-refractivity contribution in [3.05, 3.63) is 36.0 Å². The molecule has 19 heavy (non-hydrogen) atoms. The van der Waals surface area contributed by atoms with Gasteiger partial charge in [-0.1, -0.05) is 19.1 Å². The number of rotatable bonds is 5. The van der Waals surface area contributed by atoms with Crippen LogP contribution in [0.25, 0.3) is 11.3 Å². The van der Waals surface area contributed by atoms with Crippen LogP contribution in [0, 0.1) is 0 Å². The van der Waals surface area contributed by atoms with Gasteiger partial charge in [0.2, 0.25) is 0 Å². The molecule has 0 aliphatic carbocycles. The first-order valence-corrected chi connectivity index (χ1v) is 6.12. The van der Waals surface area contributed by atoms with Gasteiger partial charge in [0.25, 0.3) is 0 Å². The second-order valence-electron chi connectivity index (χ2n) is 4.00. The molecule has 0 saturated carbocycles. The lowest BCUT2D eigenvalue weighted by Crippen LogP contribution is -2.00. The number of esters is 1. The maximum absolute atomic E-state index is 11.4. The molecule has 1 aromatic carbocycles. The van der Waals surface area contributed by atoms with Crippen molar-refractivity contribution in [2.24, 2.45) is 0 Å². The zero-order chi connectivity index (χ0) is 13.7. The van der Waals surface area contributed by atoms with Crippen LogP contribution in [0.4, 0.5) is 0 Å². The van der Waals surface area contributed by atoms with E-state index >= 15 is 0 Å². The van der Waals surface area contributed by atoms with Gasteiger partial charge in [0, 0.05) is 5.56 Å². The van der Waals surface area contributed by atoms with E-state index in [2.05, 4.69) is 14.9 Å². The quantitative estimate of drug-likeness (QED) is 0.839. The van der Waals surface area contributed by atoms with E-state index in [1.165, 1.54) is 7.11 Å². The molecule has 0 bridgehead atoms. The molecule has 5 nitrogen and oxygen atoms in total. The highest BCUT2D eigenvalue weighted by Crippen LogP contribution is 2.28. The molecule has 0 unspecified atom stereocenters. The van der Waals surface area contributed by atoms with Crippen LogP contribution < -0.4 is 4.74 Å². The molecule has 1 aromatic heterocycles. The number of aromatic amines is 1. The first kappa shape index (κ1) is 13.1. The summed E-state index contributed by atoms with van der Waals surface area (Å²) in [6.45, 7) is 2.69. The lowest BCUT2D eigenvalue weighted by atomic mass is 10.1. The lowest BCUT2D eigenvalue weighted by Gasteiger charge is -2.08. The molecular formula is C14H16N2O3. The molecule has 5 heteroatoms. The summed E-state index contributed by atoms with van der Waals surface area (Å²) >= 11 is 0. The number of para-hydroxylation sites is 1. The van der Waals surface area contributed by atoms with E-state index in [4.69, 9.17) is 4.74 Å². The van der Waals surface area contributed by atoms with Crippen molar-refractivity contribution < 1.29 is 14.3 Å². The number of ether oxygens (including phenoxy) is 2. The number of methoxy groups -OCH3 is 1. The molecule has 2 aromatic rings. The zero-order valence-corrected chi connectivity index (χ0v) is 11.0. The van der Waals surface area contributed by atoms with E-state index in [-0.39, 0.29) is 0 Å². The number of nitrogens with zero attached hydrogens (tertiary/aromatic N) is 1.